The van der Waals surface area contributed by atoms with E-state index in [4.69, 9.17) is 20.9 Å². The maximum Gasteiger partial charge on any atom is 0.321 e. The van der Waals surface area contributed by atoms with Crippen LogP contribution in [0.5, 0.6) is 5.75 Å². The number of ether oxygens (including phenoxy) is 1. The van der Waals surface area contributed by atoms with Crippen LogP contribution in [-0.2, 0) is 13.0 Å². The van der Waals surface area contributed by atoms with E-state index in [1.165, 1.54) is 4.90 Å². The number of anilines is 1. The highest BCUT2D eigenvalue weighted by Crippen LogP contribution is 2.22. The maximum atomic E-state index is 12.3. The van der Waals surface area contributed by atoms with Gasteiger partial charge in [0.2, 0.25) is 0 Å². The zero-order chi connectivity index (χ0) is 19.9. The van der Waals surface area contributed by atoms with Crippen LogP contribution < -0.4 is 10.1 Å². The number of carbonyl (C=O) groups excluding carboxylic acids is 1. The van der Waals surface area contributed by atoms with Crippen LogP contribution in [0.2, 0.25) is 5.02 Å². The summed E-state index contributed by atoms with van der Waals surface area (Å²) in [5.74, 6) is 1.63. The summed E-state index contributed by atoms with van der Waals surface area (Å²) in [6, 6.07) is 14.6. The van der Waals surface area contributed by atoms with Gasteiger partial charge in [0.05, 0.1) is 10.7 Å². The normalized spacial score (nSPS) is 10.5. The van der Waals surface area contributed by atoms with Gasteiger partial charge >= 0.3 is 6.03 Å². The van der Waals surface area contributed by atoms with E-state index in [0.29, 0.717) is 35.4 Å². The number of likely N-dealkylation sites (N-methyl/N-ethyl adjacent to an activating group) is 1. The second-order valence-corrected chi connectivity index (χ2v) is 6.70. The van der Waals surface area contributed by atoms with Gasteiger partial charge < -0.3 is 19.5 Å². The summed E-state index contributed by atoms with van der Waals surface area (Å²) in [6.45, 7) is 2.56. The molecule has 0 spiro atoms. The number of halogens is 1. The molecule has 0 saturated heterocycles. The van der Waals surface area contributed by atoms with Gasteiger partial charge in [-0.15, -0.1) is 0 Å². The molecule has 0 atom stereocenters. The number of hydrogen-bond acceptors (Lipinski definition) is 5. The smallest absolute Gasteiger partial charge is 0.321 e. The first-order valence-corrected chi connectivity index (χ1v) is 9.16. The van der Waals surface area contributed by atoms with Crippen LogP contribution in [-0.4, -0.2) is 34.7 Å². The van der Waals surface area contributed by atoms with Gasteiger partial charge in [0.1, 0.15) is 5.75 Å². The standard InChI is InChI=1S/C20H21ClN4O3/c1-14-8-9-17(16(21)12-14)22-20(26)25(2)11-10-18-23-19(28-24-18)13-27-15-6-4-3-5-7-15/h3-9,12H,10-11,13H2,1-2H3,(H,22,26). The van der Waals surface area contributed by atoms with Gasteiger partial charge in [-0.3, -0.25) is 0 Å². The van der Waals surface area contributed by atoms with Gasteiger partial charge in [-0.05, 0) is 36.8 Å². The Balaban J connectivity index is 1.47. The highest BCUT2D eigenvalue weighted by Gasteiger charge is 2.13. The van der Waals surface area contributed by atoms with E-state index in [1.807, 2.05) is 43.3 Å². The molecule has 1 aromatic heterocycles. The molecule has 146 valence electrons. The predicted octanol–water partition coefficient (Wildman–Crippen LogP) is 4.32. The molecule has 7 nitrogen and oxygen atoms in total. The van der Waals surface area contributed by atoms with E-state index >= 15 is 0 Å². The largest absolute Gasteiger partial charge is 0.484 e. The fourth-order valence-corrected chi connectivity index (χ4v) is 2.70. The Kier molecular flexibility index (Phi) is 6.49. The van der Waals surface area contributed by atoms with Crippen molar-refractivity contribution in [2.24, 2.45) is 0 Å². The fraction of sp³-hybridized carbons (Fsp3) is 0.250. The molecule has 1 heterocycles. The van der Waals surface area contributed by atoms with E-state index in [0.717, 1.165) is 11.3 Å². The summed E-state index contributed by atoms with van der Waals surface area (Å²) in [5.41, 5.74) is 1.60. The van der Waals surface area contributed by atoms with Gasteiger partial charge in [0.25, 0.3) is 5.89 Å². The number of nitrogens with one attached hydrogen (secondary N) is 1. The van der Waals surface area contributed by atoms with Crippen molar-refractivity contribution in [3.05, 3.63) is 70.8 Å². The third-order valence-corrected chi connectivity index (χ3v) is 4.31. The van der Waals surface area contributed by atoms with Gasteiger partial charge in [-0.1, -0.05) is 41.0 Å². The number of hydrogen-bond donors (Lipinski definition) is 1. The van der Waals surface area contributed by atoms with E-state index in [9.17, 15) is 4.79 Å². The number of aryl methyl sites for hydroxylation is 1. The predicted molar refractivity (Wildman–Crippen MR) is 107 cm³/mol. The van der Waals surface area contributed by atoms with Crippen LogP contribution >= 0.6 is 11.6 Å². The van der Waals surface area contributed by atoms with Gasteiger partial charge in [0.15, 0.2) is 12.4 Å². The lowest BCUT2D eigenvalue weighted by Crippen LogP contribution is -2.33. The Labute approximate surface area is 168 Å². The van der Waals surface area contributed by atoms with Crippen molar-refractivity contribution < 1.29 is 14.1 Å². The molecule has 2 amide bonds. The van der Waals surface area contributed by atoms with Gasteiger partial charge in [0, 0.05) is 20.0 Å². The quantitative estimate of drug-likeness (QED) is 0.638. The first kappa shape index (κ1) is 19.7. The monoisotopic (exact) mass is 400 g/mol. The molecule has 0 unspecified atom stereocenters. The van der Waals surface area contributed by atoms with Crippen molar-refractivity contribution >= 4 is 23.3 Å². The summed E-state index contributed by atoms with van der Waals surface area (Å²) in [5, 5.41) is 7.21. The molecule has 3 aromatic rings. The molecule has 8 heteroatoms. The van der Waals surface area contributed by atoms with Crippen LogP contribution in [0.1, 0.15) is 17.3 Å². The lowest BCUT2D eigenvalue weighted by atomic mass is 10.2. The second kappa shape index (κ2) is 9.23. The van der Waals surface area contributed by atoms with E-state index < -0.39 is 0 Å². The highest BCUT2D eigenvalue weighted by molar-refractivity contribution is 6.33. The molecule has 0 aliphatic heterocycles. The number of nitrogens with zero attached hydrogens (tertiary/aromatic N) is 3. The van der Waals surface area contributed by atoms with E-state index in [1.54, 1.807) is 19.2 Å². The second-order valence-electron chi connectivity index (χ2n) is 6.29. The Morgan fingerprint density at radius 3 is 2.79 bits per heavy atom. The van der Waals surface area contributed by atoms with Crippen molar-refractivity contribution in [3.8, 4) is 5.75 Å². The van der Waals surface area contributed by atoms with Crippen LogP contribution in [0, 0.1) is 6.92 Å². The average Bonchev–Trinajstić information content (AvgIpc) is 3.15. The molecule has 0 aliphatic carbocycles. The first-order chi connectivity index (χ1) is 13.5. The third-order valence-electron chi connectivity index (χ3n) is 4.00. The number of carbonyl (C=O) groups is 1. The third kappa shape index (κ3) is 5.47. The Morgan fingerprint density at radius 2 is 2.04 bits per heavy atom. The Morgan fingerprint density at radius 1 is 1.25 bits per heavy atom. The summed E-state index contributed by atoms with van der Waals surface area (Å²) >= 11 is 6.15. The maximum absolute atomic E-state index is 12.3. The number of urea groups is 1. The molecule has 1 N–H and O–H groups in total. The molecule has 28 heavy (non-hydrogen) atoms. The van der Waals surface area contributed by atoms with Crippen LogP contribution in [0.4, 0.5) is 10.5 Å². The molecule has 0 saturated carbocycles. The number of para-hydroxylation sites is 1. The first-order valence-electron chi connectivity index (χ1n) is 8.79. The summed E-state index contributed by atoms with van der Waals surface area (Å²) < 4.78 is 10.8. The minimum Gasteiger partial charge on any atom is -0.484 e. The van der Waals surface area contributed by atoms with Gasteiger partial charge in [-0.2, -0.15) is 4.98 Å². The molecular weight excluding hydrogens is 380 g/mol. The van der Waals surface area contributed by atoms with Crippen LogP contribution in [0.3, 0.4) is 0 Å². The summed E-state index contributed by atoms with van der Waals surface area (Å²) in [7, 11) is 1.69. The average molecular weight is 401 g/mol. The molecule has 3 rings (SSSR count). The van der Waals surface area contributed by atoms with Crippen molar-refractivity contribution in [2.75, 3.05) is 18.9 Å². The van der Waals surface area contributed by atoms with Crippen molar-refractivity contribution in [1.82, 2.24) is 15.0 Å². The van der Waals surface area contributed by atoms with Crippen LogP contribution in [0.25, 0.3) is 0 Å². The van der Waals surface area contributed by atoms with Crippen LogP contribution in [0.15, 0.2) is 53.1 Å². The van der Waals surface area contributed by atoms with E-state index in [2.05, 4.69) is 15.5 Å². The van der Waals surface area contributed by atoms with Crippen molar-refractivity contribution in [1.29, 1.82) is 0 Å². The van der Waals surface area contributed by atoms with Crippen molar-refractivity contribution in [2.45, 2.75) is 20.0 Å². The summed E-state index contributed by atoms with van der Waals surface area (Å²) in [4.78, 5) is 18.1. The summed E-state index contributed by atoms with van der Waals surface area (Å²) in [6.07, 6.45) is 0.459. The zero-order valence-corrected chi connectivity index (χ0v) is 16.4. The fourth-order valence-electron chi connectivity index (χ4n) is 2.41. The number of amides is 2. The molecule has 0 radical (unpaired) electrons. The SMILES string of the molecule is Cc1ccc(NC(=O)N(C)CCc2noc(COc3ccccc3)n2)c(Cl)c1. The topological polar surface area (TPSA) is 80.5 Å². The lowest BCUT2D eigenvalue weighted by Gasteiger charge is -2.17. The van der Waals surface area contributed by atoms with E-state index in [-0.39, 0.29) is 12.6 Å². The number of benzene rings is 2. The lowest BCUT2D eigenvalue weighted by molar-refractivity contribution is 0.222. The molecular formula is C20H21ClN4O3. The molecule has 0 bridgehead atoms. The Hall–Kier alpha value is -3.06. The Bertz CT molecular complexity index is 930. The number of rotatable bonds is 7. The minimum absolute atomic E-state index is 0.194. The van der Waals surface area contributed by atoms with Crippen molar-refractivity contribution in [3.63, 3.8) is 0 Å². The zero-order valence-electron chi connectivity index (χ0n) is 15.7. The molecule has 2 aromatic carbocycles. The van der Waals surface area contributed by atoms with Gasteiger partial charge in [-0.25, -0.2) is 4.79 Å². The molecule has 0 fully saturated rings. The number of aromatic nitrogens is 2. The highest BCUT2D eigenvalue weighted by atomic mass is 35.5. The minimum atomic E-state index is -0.262. The molecule has 0 aliphatic rings.